The van der Waals surface area contributed by atoms with Crippen molar-refractivity contribution < 1.29 is 22.9 Å². The quantitative estimate of drug-likeness (QED) is 0.192. The van der Waals surface area contributed by atoms with Gasteiger partial charge < -0.3 is 27.3 Å². The number of nitrogens with two attached hydrogens (primary N) is 3. The van der Waals surface area contributed by atoms with E-state index in [0.29, 0.717) is 13.0 Å². The topological polar surface area (TPSA) is 235 Å². The predicted molar refractivity (Wildman–Crippen MR) is 91.7 cm³/mol. The highest BCUT2D eigenvalue weighted by molar-refractivity contribution is 7.85. The van der Waals surface area contributed by atoms with E-state index in [-0.39, 0.29) is 17.9 Å². The molecule has 0 unspecified atom stereocenters. The maximum Gasteiger partial charge on any atom is 0.325 e. The lowest BCUT2D eigenvalue weighted by Gasteiger charge is -2.03. The molecule has 0 fully saturated rings. The van der Waals surface area contributed by atoms with Gasteiger partial charge >= 0.3 is 11.7 Å². The van der Waals surface area contributed by atoms with E-state index < -0.39 is 27.8 Å². The van der Waals surface area contributed by atoms with E-state index in [2.05, 4.69) is 4.98 Å². The number of aliphatic carboxylic acids is 1. The number of carboxylic acids is 1. The van der Waals surface area contributed by atoms with E-state index in [0.717, 1.165) is 12.8 Å². The van der Waals surface area contributed by atoms with Crippen LogP contribution in [-0.4, -0.2) is 58.9 Å². The molecule has 0 saturated heterocycles. The summed E-state index contributed by atoms with van der Waals surface area (Å²) in [6, 6.07) is 0.521. The first kappa shape index (κ1) is 25.2. The van der Waals surface area contributed by atoms with Crippen LogP contribution in [0.4, 0.5) is 0 Å². The van der Waals surface area contributed by atoms with Crippen molar-refractivity contribution in [2.24, 2.45) is 17.2 Å². The SMILES string of the molecule is NCCCC[C@H](N)C(=O)O.NCCS(=O)(=O)O.O=c1cc[nH]c(=O)[nH]1. The van der Waals surface area contributed by atoms with Gasteiger partial charge in [-0.2, -0.15) is 8.42 Å². The molecule has 1 aromatic heterocycles. The van der Waals surface area contributed by atoms with Gasteiger partial charge in [-0.25, -0.2) is 4.79 Å². The van der Waals surface area contributed by atoms with Crippen molar-refractivity contribution in [1.29, 1.82) is 0 Å². The van der Waals surface area contributed by atoms with Crippen molar-refractivity contribution in [3.05, 3.63) is 33.1 Å². The van der Waals surface area contributed by atoms with Crippen molar-refractivity contribution in [2.45, 2.75) is 25.3 Å². The van der Waals surface area contributed by atoms with Gasteiger partial charge in [-0.1, -0.05) is 6.42 Å². The number of hydrogen-bond acceptors (Lipinski definition) is 8. The van der Waals surface area contributed by atoms with Gasteiger partial charge in [-0.3, -0.25) is 19.1 Å². The van der Waals surface area contributed by atoms with Crippen molar-refractivity contribution in [1.82, 2.24) is 9.97 Å². The van der Waals surface area contributed by atoms with Crippen LogP contribution in [0.15, 0.2) is 21.9 Å². The van der Waals surface area contributed by atoms with E-state index in [1.165, 1.54) is 12.3 Å². The van der Waals surface area contributed by atoms with Crippen LogP contribution in [0.5, 0.6) is 0 Å². The maximum atomic E-state index is 10.2. The van der Waals surface area contributed by atoms with E-state index in [9.17, 15) is 22.8 Å². The number of unbranched alkanes of at least 4 members (excludes halogenated alkanes) is 1. The zero-order chi connectivity index (χ0) is 19.9. The molecule has 0 radical (unpaired) electrons. The number of rotatable bonds is 7. The molecule has 146 valence electrons. The van der Waals surface area contributed by atoms with Crippen LogP contribution in [0.2, 0.25) is 0 Å². The van der Waals surface area contributed by atoms with Gasteiger partial charge in [0.25, 0.3) is 15.7 Å². The van der Waals surface area contributed by atoms with Crippen molar-refractivity contribution >= 4 is 16.1 Å². The Morgan fingerprint density at radius 2 is 1.80 bits per heavy atom. The first-order chi connectivity index (χ1) is 11.5. The third-order valence-electron chi connectivity index (χ3n) is 2.35. The lowest BCUT2D eigenvalue weighted by molar-refractivity contribution is -0.138. The predicted octanol–water partition coefficient (Wildman–Crippen LogP) is -2.58. The Morgan fingerprint density at radius 1 is 1.20 bits per heavy atom. The van der Waals surface area contributed by atoms with Crippen molar-refractivity contribution in [3.63, 3.8) is 0 Å². The molecule has 10 N–H and O–H groups in total. The van der Waals surface area contributed by atoms with Crippen LogP contribution in [0.3, 0.4) is 0 Å². The van der Waals surface area contributed by atoms with Gasteiger partial charge in [-0.05, 0) is 19.4 Å². The number of aromatic amines is 2. The van der Waals surface area contributed by atoms with Crippen molar-refractivity contribution in [3.8, 4) is 0 Å². The summed E-state index contributed by atoms with van der Waals surface area (Å²) in [5.74, 6) is -1.29. The van der Waals surface area contributed by atoms with Gasteiger partial charge in [-0.15, -0.1) is 0 Å². The zero-order valence-corrected chi connectivity index (χ0v) is 14.4. The third kappa shape index (κ3) is 19.9. The molecule has 25 heavy (non-hydrogen) atoms. The number of carbonyl (C=O) groups is 1. The molecule has 1 heterocycles. The maximum absolute atomic E-state index is 10.2. The van der Waals surface area contributed by atoms with E-state index in [1.807, 2.05) is 4.98 Å². The molecule has 0 bridgehead atoms. The summed E-state index contributed by atoms with van der Waals surface area (Å²) in [6.07, 6.45) is 3.46. The Labute approximate surface area is 144 Å². The Bertz CT molecular complexity index is 660. The average molecular weight is 383 g/mol. The summed E-state index contributed by atoms with van der Waals surface area (Å²) in [4.78, 5) is 34.8. The molecule has 1 aromatic rings. The highest BCUT2D eigenvalue weighted by atomic mass is 32.2. The molecule has 0 aromatic carbocycles. The summed E-state index contributed by atoms with van der Waals surface area (Å²) in [5.41, 5.74) is 14.3. The fourth-order valence-electron chi connectivity index (χ4n) is 1.16. The monoisotopic (exact) mass is 383 g/mol. The van der Waals surface area contributed by atoms with Crippen LogP contribution in [0.1, 0.15) is 19.3 Å². The Kier molecular flexibility index (Phi) is 14.4. The molecule has 0 aliphatic heterocycles. The molecule has 1 atom stereocenters. The summed E-state index contributed by atoms with van der Waals surface area (Å²) in [6.45, 7) is 0.575. The normalized spacial score (nSPS) is 11.4. The lowest BCUT2D eigenvalue weighted by atomic mass is 10.1. The number of carboxylic acid groups (broad SMARTS) is 1. The van der Waals surface area contributed by atoms with E-state index in [1.54, 1.807) is 0 Å². The first-order valence-corrected chi connectivity index (χ1v) is 8.76. The Balaban J connectivity index is 0. The van der Waals surface area contributed by atoms with Crippen LogP contribution in [0, 0.1) is 0 Å². The molecular formula is C12H25N5O7S. The third-order valence-corrected chi connectivity index (χ3v) is 3.10. The van der Waals surface area contributed by atoms with Gasteiger partial charge in [0.1, 0.15) is 6.04 Å². The van der Waals surface area contributed by atoms with Gasteiger partial charge in [0, 0.05) is 18.8 Å². The summed E-state index contributed by atoms with van der Waals surface area (Å²) >= 11 is 0. The summed E-state index contributed by atoms with van der Waals surface area (Å²) in [7, 11) is -3.80. The first-order valence-electron chi connectivity index (χ1n) is 7.15. The average Bonchev–Trinajstić information content (AvgIpc) is 2.47. The van der Waals surface area contributed by atoms with Crippen LogP contribution < -0.4 is 28.5 Å². The number of H-pyrrole nitrogens is 2. The second kappa shape index (κ2) is 14.3. The zero-order valence-electron chi connectivity index (χ0n) is 13.6. The van der Waals surface area contributed by atoms with Gasteiger partial charge in [0.05, 0.1) is 5.75 Å². The van der Waals surface area contributed by atoms with Gasteiger partial charge in [0.15, 0.2) is 0 Å². The van der Waals surface area contributed by atoms with E-state index >= 15 is 0 Å². The van der Waals surface area contributed by atoms with Crippen LogP contribution in [-0.2, 0) is 14.9 Å². The highest BCUT2D eigenvalue weighted by Crippen LogP contribution is 1.96. The fourth-order valence-corrected chi connectivity index (χ4v) is 1.46. The molecule has 13 heteroatoms. The smallest absolute Gasteiger partial charge is 0.325 e. The number of nitrogens with one attached hydrogen (secondary N) is 2. The molecule has 0 aliphatic rings. The van der Waals surface area contributed by atoms with Crippen LogP contribution >= 0.6 is 0 Å². The minimum absolute atomic E-state index is 0.0289. The second-order valence-corrected chi connectivity index (χ2v) is 6.17. The summed E-state index contributed by atoms with van der Waals surface area (Å²) < 4.78 is 27.3. The van der Waals surface area contributed by atoms with Crippen molar-refractivity contribution in [2.75, 3.05) is 18.8 Å². The van der Waals surface area contributed by atoms with E-state index in [4.69, 9.17) is 26.9 Å². The van der Waals surface area contributed by atoms with Gasteiger partial charge in [0.2, 0.25) is 0 Å². The molecule has 0 amide bonds. The molecule has 1 rings (SSSR count). The Morgan fingerprint density at radius 3 is 2.08 bits per heavy atom. The minimum atomic E-state index is -3.80. The largest absolute Gasteiger partial charge is 0.480 e. The fraction of sp³-hybridized carbons (Fsp3) is 0.583. The molecular weight excluding hydrogens is 358 g/mol. The Hall–Kier alpha value is -2.06. The molecule has 12 nitrogen and oxygen atoms in total. The standard InChI is InChI=1S/C6H14N2O2.C4H4N2O2.C2H7NO3S/c7-4-2-1-3-5(8)6(9)10;7-3-1-2-5-4(8)6-3;3-1-2-7(4,5)6/h5H,1-4,7-8H2,(H,9,10);1-2H,(H2,5,6,7,8);1-3H2,(H,4,5,6)/t5-;;/m0../s1. The molecule has 0 saturated carbocycles. The number of aromatic nitrogens is 2. The molecule has 0 spiro atoms. The minimum Gasteiger partial charge on any atom is -0.480 e. The lowest BCUT2D eigenvalue weighted by Crippen LogP contribution is -2.29. The molecule has 0 aliphatic carbocycles. The van der Waals surface area contributed by atoms with Crippen LogP contribution in [0.25, 0.3) is 0 Å². The number of hydrogen-bond donors (Lipinski definition) is 7. The summed E-state index contributed by atoms with van der Waals surface area (Å²) in [5, 5.41) is 8.33. The highest BCUT2D eigenvalue weighted by Gasteiger charge is 2.09. The second-order valence-electron chi connectivity index (χ2n) is 4.60.